The van der Waals surface area contributed by atoms with E-state index in [0.717, 1.165) is 24.2 Å². The van der Waals surface area contributed by atoms with E-state index in [0.29, 0.717) is 5.41 Å². The number of carbonyl (C=O) groups excluding carboxylic acids is 1. The summed E-state index contributed by atoms with van der Waals surface area (Å²) in [5.41, 5.74) is 1.29. The summed E-state index contributed by atoms with van der Waals surface area (Å²) in [6, 6.07) is 7.98. The van der Waals surface area contributed by atoms with Crippen molar-refractivity contribution in [2.75, 3.05) is 14.2 Å². The number of amides is 1. The zero-order chi connectivity index (χ0) is 13.5. The van der Waals surface area contributed by atoms with E-state index in [-0.39, 0.29) is 11.3 Å². The monoisotopic (exact) mass is 259 g/mol. The van der Waals surface area contributed by atoms with Gasteiger partial charge >= 0.3 is 0 Å². The van der Waals surface area contributed by atoms with Crippen LogP contribution < -0.4 is 10.1 Å². The Labute approximate surface area is 114 Å². The molecule has 2 aliphatic rings. The van der Waals surface area contributed by atoms with Crippen LogP contribution in [0.2, 0.25) is 0 Å². The fourth-order valence-electron chi connectivity index (χ4n) is 3.90. The Kier molecular flexibility index (Phi) is 2.80. The first-order valence-corrected chi connectivity index (χ1v) is 7.01. The predicted molar refractivity (Wildman–Crippen MR) is 74.3 cm³/mol. The smallest absolute Gasteiger partial charge is 0.230 e. The third kappa shape index (κ3) is 1.75. The molecular formula is C16H21NO2. The Morgan fingerprint density at radius 1 is 1.21 bits per heavy atom. The van der Waals surface area contributed by atoms with E-state index in [1.165, 1.54) is 19.3 Å². The first kappa shape index (κ1) is 12.5. The van der Waals surface area contributed by atoms with Crippen LogP contribution in [0.3, 0.4) is 0 Å². The molecular weight excluding hydrogens is 238 g/mol. The van der Waals surface area contributed by atoms with Gasteiger partial charge in [-0.1, -0.05) is 18.6 Å². The number of ether oxygens (including phenoxy) is 1. The first-order valence-electron chi connectivity index (χ1n) is 7.01. The highest BCUT2D eigenvalue weighted by atomic mass is 16.5. The van der Waals surface area contributed by atoms with Crippen LogP contribution in [0.25, 0.3) is 0 Å². The summed E-state index contributed by atoms with van der Waals surface area (Å²) in [5.74, 6) is 1.00. The molecule has 1 spiro atoms. The first-order chi connectivity index (χ1) is 9.14. The van der Waals surface area contributed by atoms with Gasteiger partial charge in [-0.05, 0) is 48.8 Å². The van der Waals surface area contributed by atoms with Crippen molar-refractivity contribution in [3.63, 3.8) is 0 Å². The van der Waals surface area contributed by atoms with Gasteiger partial charge < -0.3 is 10.1 Å². The molecule has 0 aromatic heterocycles. The lowest BCUT2D eigenvalue weighted by Gasteiger charge is -2.60. The topological polar surface area (TPSA) is 38.3 Å². The van der Waals surface area contributed by atoms with Gasteiger partial charge in [-0.25, -0.2) is 0 Å². The molecule has 1 amide bonds. The van der Waals surface area contributed by atoms with E-state index in [2.05, 4.69) is 5.32 Å². The summed E-state index contributed by atoms with van der Waals surface area (Å²) in [6.45, 7) is 0. The molecule has 1 aromatic carbocycles. The second-order valence-corrected chi connectivity index (χ2v) is 6.10. The quantitative estimate of drug-likeness (QED) is 0.906. The number of methoxy groups -OCH3 is 1. The van der Waals surface area contributed by atoms with Crippen LogP contribution in [0.5, 0.6) is 5.75 Å². The minimum Gasteiger partial charge on any atom is -0.497 e. The molecule has 0 atom stereocenters. The highest BCUT2D eigenvalue weighted by Gasteiger charge is 2.60. The molecule has 19 heavy (non-hydrogen) atoms. The number of carbonyl (C=O) groups is 1. The van der Waals surface area contributed by atoms with Gasteiger partial charge in [0.25, 0.3) is 0 Å². The minimum atomic E-state index is -0.304. The third-order valence-corrected chi connectivity index (χ3v) is 5.07. The average Bonchev–Trinajstić information content (AvgIpc) is 2.36. The summed E-state index contributed by atoms with van der Waals surface area (Å²) < 4.78 is 5.19. The van der Waals surface area contributed by atoms with E-state index in [4.69, 9.17) is 4.74 Å². The fourth-order valence-corrected chi connectivity index (χ4v) is 3.90. The number of rotatable bonds is 3. The molecule has 0 saturated heterocycles. The third-order valence-electron chi connectivity index (χ3n) is 5.07. The second kappa shape index (κ2) is 4.26. The molecule has 1 N–H and O–H groups in total. The Morgan fingerprint density at radius 2 is 1.84 bits per heavy atom. The van der Waals surface area contributed by atoms with Gasteiger partial charge in [-0.15, -0.1) is 0 Å². The van der Waals surface area contributed by atoms with E-state index in [1.807, 2.05) is 24.3 Å². The summed E-state index contributed by atoms with van der Waals surface area (Å²) in [7, 11) is 3.40. The number of nitrogens with one attached hydrogen (secondary N) is 1. The lowest BCUT2D eigenvalue weighted by Crippen LogP contribution is -2.59. The van der Waals surface area contributed by atoms with Crippen molar-refractivity contribution in [3.05, 3.63) is 29.8 Å². The van der Waals surface area contributed by atoms with Gasteiger partial charge in [0.05, 0.1) is 12.5 Å². The van der Waals surface area contributed by atoms with Crippen molar-refractivity contribution in [2.45, 2.75) is 37.5 Å². The molecule has 0 aliphatic heterocycles. The maximum absolute atomic E-state index is 12.4. The van der Waals surface area contributed by atoms with E-state index in [1.54, 1.807) is 14.2 Å². The van der Waals surface area contributed by atoms with Gasteiger partial charge in [-0.3, -0.25) is 4.79 Å². The van der Waals surface area contributed by atoms with Gasteiger partial charge in [0.1, 0.15) is 5.75 Å². The zero-order valence-electron chi connectivity index (χ0n) is 11.7. The molecule has 102 valence electrons. The summed E-state index contributed by atoms with van der Waals surface area (Å²) in [6.07, 6.45) is 5.92. The molecule has 0 unspecified atom stereocenters. The number of hydrogen-bond donors (Lipinski definition) is 1. The molecule has 2 fully saturated rings. The SMILES string of the molecule is CNC(=O)C1(c2ccc(OC)cc2)CC2(CCC2)C1. The molecule has 2 saturated carbocycles. The highest BCUT2D eigenvalue weighted by Crippen LogP contribution is 2.65. The van der Waals surface area contributed by atoms with E-state index >= 15 is 0 Å². The summed E-state index contributed by atoms with van der Waals surface area (Å²) in [4.78, 5) is 12.4. The lowest BCUT2D eigenvalue weighted by atomic mass is 9.43. The van der Waals surface area contributed by atoms with Crippen LogP contribution in [-0.4, -0.2) is 20.1 Å². The van der Waals surface area contributed by atoms with Crippen molar-refractivity contribution in [1.82, 2.24) is 5.32 Å². The number of likely N-dealkylation sites (N-methyl/N-ethyl adjacent to an activating group) is 1. The molecule has 0 heterocycles. The van der Waals surface area contributed by atoms with Crippen LogP contribution in [0.15, 0.2) is 24.3 Å². The van der Waals surface area contributed by atoms with Crippen molar-refractivity contribution < 1.29 is 9.53 Å². The van der Waals surface area contributed by atoms with Crippen LogP contribution in [0, 0.1) is 5.41 Å². The second-order valence-electron chi connectivity index (χ2n) is 6.10. The van der Waals surface area contributed by atoms with Crippen molar-refractivity contribution in [3.8, 4) is 5.75 Å². The maximum Gasteiger partial charge on any atom is 0.230 e. The molecule has 3 rings (SSSR count). The summed E-state index contributed by atoms with van der Waals surface area (Å²) >= 11 is 0. The number of hydrogen-bond acceptors (Lipinski definition) is 2. The lowest BCUT2D eigenvalue weighted by molar-refractivity contribution is -0.141. The van der Waals surface area contributed by atoms with Crippen LogP contribution in [-0.2, 0) is 10.2 Å². The Balaban J connectivity index is 1.89. The van der Waals surface area contributed by atoms with Crippen molar-refractivity contribution in [1.29, 1.82) is 0 Å². The molecule has 2 aliphatic carbocycles. The summed E-state index contributed by atoms with van der Waals surface area (Å²) in [5, 5.41) is 2.85. The van der Waals surface area contributed by atoms with Gasteiger partial charge in [-0.2, -0.15) is 0 Å². The van der Waals surface area contributed by atoms with Gasteiger partial charge in [0, 0.05) is 7.05 Å². The van der Waals surface area contributed by atoms with Gasteiger partial charge in [0.2, 0.25) is 5.91 Å². The van der Waals surface area contributed by atoms with Gasteiger partial charge in [0.15, 0.2) is 0 Å². The molecule has 0 bridgehead atoms. The minimum absolute atomic E-state index is 0.162. The van der Waals surface area contributed by atoms with E-state index in [9.17, 15) is 4.79 Å². The van der Waals surface area contributed by atoms with E-state index < -0.39 is 0 Å². The molecule has 3 heteroatoms. The largest absolute Gasteiger partial charge is 0.497 e. The number of benzene rings is 1. The van der Waals surface area contributed by atoms with Crippen molar-refractivity contribution >= 4 is 5.91 Å². The van der Waals surface area contributed by atoms with Crippen LogP contribution in [0.4, 0.5) is 0 Å². The normalized spacial score (nSPS) is 22.2. The maximum atomic E-state index is 12.4. The van der Waals surface area contributed by atoms with Crippen LogP contribution in [0.1, 0.15) is 37.7 Å². The molecule has 3 nitrogen and oxygen atoms in total. The fraction of sp³-hybridized carbons (Fsp3) is 0.562. The predicted octanol–water partition coefficient (Wildman–Crippen LogP) is 2.64. The Bertz CT molecular complexity index is 480. The molecule has 1 aromatic rings. The standard InChI is InChI=1S/C16H21NO2/c1-17-14(18)16(10-15(11-16)8-3-9-15)12-4-6-13(19-2)7-5-12/h4-7H,3,8-11H2,1-2H3,(H,17,18). The van der Waals surface area contributed by atoms with Crippen molar-refractivity contribution in [2.24, 2.45) is 5.41 Å². The van der Waals surface area contributed by atoms with Crippen LogP contribution >= 0.6 is 0 Å². The highest BCUT2D eigenvalue weighted by molar-refractivity contribution is 5.89. The average molecular weight is 259 g/mol. The zero-order valence-corrected chi connectivity index (χ0v) is 11.7. The Hall–Kier alpha value is -1.51. The Morgan fingerprint density at radius 3 is 2.26 bits per heavy atom. The molecule has 0 radical (unpaired) electrons.